The highest BCUT2D eigenvalue weighted by atomic mass is 35.5. The smallest absolute Gasteiger partial charge is 0.244 e. The van der Waals surface area contributed by atoms with Gasteiger partial charge in [0.05, 0.1) is 10.9 Å². The van der Waals surface area contributed by atoms with E-state index in [1.165, 1.54) is 0 Å². The molecule has 9 heteroatoms. The Hall–Kier alpha value is -2.03. The highest BCUT2D eigenvalue weighted by Gasteiger charge is 2.26. The van der Waals surface area contributed by atoms with Crippen LogP contribution in [0, 0.1) is 6.92 Å². The number of hydrogen-bond acceptors (Lipinski definition) is 8. The maximum absolute atomic E-state index is 6.06. The van der Waals surface area contributed by atoms with Crippen molar-refractivity contribution in [3.8, 4) is 10.7 Å². The molecule has 1 unspecified atom stereocenters. The molecular weight excluding hydrogens is 372 g/mol. The summed E-state index contributed by atoms with van der Waals surface area (Å²) < 4.78 is 5.50. The number of nitrogens with zero attached hydrogens (tertiary/aromatic N) is 6. The highest BCUT2D eigenvalue weighted by Crippen LogP contribution is 2.26. The van der Waals surface area contributed by atoms with Gasteiger partial charge >= 0.3 is 0 Å². The number of aromatic nitrogens is 4. The molecule has 0 N–H and O–H groups in total. The number of piperazine rings is 1. The zero-order chi connectivity index (χ0) is 18.1. The summed E-state index contributed by atoms with van der Waals surface area (Å²) in [5.74, 6) is 2.89. The summed E-state index contributed by atoms with van der Waals surface area (Å²) in [5, 5.41) is 6.60. The fourth-order valence-corrected chi connectivity index (χ4v) is 3.95. The number of rotatable bonds is 4. The number of halogens is 1. The van der Waals surface area contributed by atoms with E-state index >= 15 is 0 Å². The van der Waals surface area contributed by atoms with Gasteiger partial charge in [0.15, 0.2) is 0 Å². The van der Waals surface area contributed by atoms with Crippen molar-refractivity contribution in [1.29, 1.82) is 0 Å². The van der Waals surface area contributed by atoms with E-state index in [1.807, 2.05) is 30.5 Å². The molecule has 0 radical (unpaired) electrons. The topological polar surface area (TPSA) is 71.2 Å². The minimum Gasteiger partial charge on any atom is -0.354 e. The number of hydrogen-bond donors (Lipinski definition) is 0. The molecule has 1 atom stereocenters. The first kappa shape index (κ1) is 17.4. The van der Waals surface area contributed by atoms with Crippen molar-refractivity contribution in [3.63, 3.8) is 0 Å². The number of anilines is 1. The normalized spacial score (nSPS) is 16.8. The molecule has 0 saturated carbocycles. The van der Waals surface area contributed by atoms with Gasteiger partial charge in [-0.2, -0.15) is 4.98 Å². The first-order chi connectivity index (χ1) is 12.6. The van der Waals surface area contributed by atoms with E-state index < -0.39 is 0 Å². The second kappa shape index (κ2) is 7.30. The van der Waals surface area contributed by atoms with E-state index in [0.29, 0.717) is 22.7 Å². The number of thiophene rings is 1. The highest BCUT2D eigenvalue weighted by molar-refractivity contribution is 7.13. The molecule has 0 spiro atoms. The van der Waals surface area contributed by atoms with E-state index in [0.717, 1.165) is 36.9 Å². The molecule has 0 amide bonds. The third-order valence-corrected chi connectivity index (χ3v) is 5.58. The first-order valence-corrected chi connectivity index (χ1v) is 9.73. The van der Waals surface area contributed by atoms with E-state index in [4.69, 9.17) is 16.1 Å². The average Bonchev–Trinajstić information content (AvgIpc) is 3.32. The Balaban J connectivity index is 1.41. The summed E-state index contributed by atoms with van der Waals surface area (Å²) in [6.45, 7) is 7.46. The average molecular weight is 391 g/mol. The third kappa shape index (κ3) is 3.58. The Kier molecular flexibility index (Phi) is 4.88. The van der Waals surface area contributed by atoms with Crippen molar-refractivity contribution in [2.24, 2.45) is 0 Å². The fourth-order valence-electron chi connectivity index (χ4n) is 3.08. The zero-order valence-electron chi connectivity index (χ0n) is 14.6. The van der Waals surface area contributed by atoms with Crippen LogP contribution in [-0.4, -0.2) is 51.2 Å². The Labute approximate surface area is 160 Å². The minimum absolute atomic E-state index is 0.0779. The summed E-state index contributed by atoms with van der Waals surface area (Å²) in [6, 6.07) is 5.88. The number of aryl methyl sites for hydroxylation is 1. The summed E-state index contributed by atoms with van der Waals surface area (Å²) in [4.78, 5) is 18.8. The monoisotopic (exact) mass is 390 g/mol. The van der Waals surface area contributed by atoms with Gasteiger partial charge in [0.2, 0.25) is 11.7 Å². The lowest BCUT2D eigenvalue weighted by Gasteiger charge is -2.37. The molecule has 0 bridgehead atoms. The Morgan fingerprint density at radius 3 is 2.69 bits per heavy atom. The third-order valence-electron chi connectivity index (χ3n) is 4.52. The van der Waals surface area contributed by atoms with Gasteiger partial charge in [-0.25, -0.2) is 9.97 Å². The van der Waals surface area contributed by atoms with Crippen molar-refractivity contribution >= 4 is 28.8 Å². The van der Waals surface area contributed by atoms with Crippen LogP contribution < -0.4 is 4.90 Å². The molecule has 1 aliphatic heterocycles. The quantitative estimate of drug-likeness (QED) is 0.632. The van der Waals surface area contributed by atoms with Crippen LogP contribution in [0.25, 0.3) is 10.7 Å². The molecule has 4 heterocycles. The molecule has 1 saturated heterocycles. The van der Waals surface area contributed by atoms with Crippen LogP contribution in [0.5, 0.6) is 0 Å². The summed E-state index contributed by atoms with van der Waals surface area (Å²) in [7, 11) is 0. The zero-order valence-corrected chi connectivity index (χ0v) is 16.2. The molecule has 4 rings (SSSR count). The van der Waals surface area contributed by atoms with Crippen molar-refractivity contribution in [2.75, 3.05) is 31.1 Å². The van der Waals surface area contributed by atoms with Crippen molar-refractivity contribution < 1.29 is 4.52 Å². The van der Waals surface area contributed by atoms with Crippen LogP contribution >= 0.6 is 22.9 Å². The molecule has 0 aromatic carbocycles. The van der Waals surface area contributed by atoms with Gasteiger partial charge in [0, 0.05) is 32.2 Å². The molecular formula is C17H19ClN6OS. The van der Waals surface area contributed by atoms with Gasteiger partial charge < -0.3 is 9.42 Å². The van der Waals surface area contributed by atoms with E-state index in [9.17, 15) is 0 Å². The lowest BCUT2D eigenvalue weighted by molar-refractivity contribution is 0.164. The molecule has 3 aromatic rings. The lowest BCUT2D eigenvalue weighted by atomic mass is 10.2. The van der Waals surface area contributed by atoms with Crippen LogP contribution in [0.3, 0.4) is 0 Å². The Morgan fingerprint density at radius 1 is 1.19 bits per heavy atom. The fraction of sp³-hybridized carbons (Fsp3) is 0.412. The molecule has 26 heavy (non-hydrogen) atoms. The molecule has 3 aromatic heterocycles. The van der Waals surface area contributed by atoms with E-state index in [-0.39, 0.29) is 6.04 Å². The Bertz CT molecular complexity index is 855. The molecule has 136 valence electrons. The Morgan fingerprint density at radius 2 is 2.00 bits per heavy atom. The summed E-state index contributed by atoms with van der Waals surface area (Å²) in [6.07, 6.45) is 0. The first-order valence-electron chi connectivity index (χ1n) is 8.48. The second-order valence-electron chi connectivity index (χ2n) is 6.23. The maximum atomic E-state index is 6.06. The summed E-state index contributed by atoms with van der Waals surface area (Å²) in [5.41, 5.74) is 0. The maximum Gasteiger partial charge on any atom is 0.244 e. The van der Waals surface area contributed by atoms with Gasteiger partial charge in [0.1, 0.15) is 16.8 Å². The van der Waals surface area contributed by atoms with Crippen molar-refractivity contribution in [3.05, 3.63) is 40.4 Å². The molecule has 7 nitrogen and oxygen atoms in total. The molecule has 0 aliphatic carbocycles. The van der Waals surface area contributed by atoms with Crippen LogP contribution in [0.15, 0.2) is 28.1 Å². The van der Waals surface area contributed by atoms with Crippen LogP contribution in [0.2, 0.25) is 5.15 Å². The van der Waals surface area contributed by atoms with Crippen LogP contribution in [0.4, 0.5) is 5.82 Å². The van der Waals surface area contributed by atoms with Gasteiger partial charge in [-0.3, -0.25) is 4.90 Å². The van der Waals surface area contributed by atoms with Gasteiger partial charge in [-0.1, -0.05) is 22.8 Å². The largest absolute Gasteiger partial charge is 0.354 e. The second-order valence-corrected chi connectivity index (χ2v) is 7.56. The van der Waals surface area contributed by atoms with Crippen molar-refractivity contribution in [1.82, 2.24) is 25.0 Å². The predicted octanol–water partition coefficient (Wildman–Crippen LogP) is 3.43. The van der Waals surface area contributed by atoms with Crippen LogP contribution in [-0.2, 0) is 0 Å². The standard InChI is InChI=1S/C17H19ClN6OS/c1-11(17-21-16(22-25-17)13-4-3-9-26-13)23-5-7-24(8-6-23)15-10-14(18)19-12(2)20-15/h3-4,9-11H,5-8H2,1-2H3. The minimum atomic E-state index is 0.0779. The van der Waals surface area contributed by atoms with Gasteiger partial charge in [0.25, 0.3) is 0 Å². The van der Waals surface area contributed by atoms with Crippen LogP contribution in [0.1, 0.15) is 24.7 Å². The predicted molar refractivity (Wildman–Crippen MR) is 102 cm³/mol. The van der Waals surface area contributed by atoms with Crippen molar-refractivity contribution in [2.45, 2.75) is 19.9 Å². The molecule has 1 aliphatic rings. The summed E-state index contributed by atoms with van der Waals surface area (Å²) >= 11 is 7.67. The molecule has 1 fully saturated rings. The SMILES string of the molecule is Cc1nc(Cl)cc(N2CCN(C(C)c3nc(-c4cccs4)no3)CC2)n1. The lowest BCUT2D eigenvalue weighted by Crippen LogP contribution is -2.47. The van der Waals surface area contributed by atoms with Gasteiger partial charge in [-0.05, 0) is 25.3 Å². The van der Waals surface area contributed by atoms with E-state index in [2.05, 4.69) is 36.8 Å². The van der Waals surface area contributed by atoms with E-state index in [1.54, 1.807) is 11.3 Å². The van der Waals surface area contributed by atoms with Gasteiger partial charge in [-0.15, -0.1) is 11.3 Å².